The number of amides is 2. The number of imide groups is 1. The van der Waals surface area contributed by atoms with Gasteiger partial charge in [-0.05, 0) is 84.4 Å². The van der Waals surface area contributed by atoms with E-state index >= 15 is 4.39 Å². The second-order valence-corrected chi connectivity index (χ2v) is 10.7. The molecule has 8 heteroatoms. The van der Waals surface area contributed by atoms with Crippen molar-refractivity contribution in [2.24, 2.45) is 0 Å². The maximum Gasteiger partial charge on any atom is 0.424 e. The average molecular weight is 459 g/mol. The van der Waals surface area contributed by atoms with Crippen molar-refractivity contribution in [1.82, 2.24) is 0 Å². The Balaban J connectivity index is 2.25. The predicted molar refractivity (Wildman–Crippen MR) is 120 cm³/mol. The van der Waals surface area contributed by atoms with Crippen LogP contribution in [0.4, 0.5) is 19.7 Å². The maximum absolute atomic E-state index is 15.5. The molecule has 0 heterocycles. The number of nitriles is 1. The molecule has 2 aliphatic rings. The molecule has 1 spiro atoms. The molecule has 33 heavy (non-hydrogen) atoms. The Morgan fingerprint density at radius 2 is 1.61 bits per heavy atom. The molecular weight excluding hydrogens is 427 g/mol. The van der Waals surface area contributed by atoms with Crippen LogP contribution in [0.1, 0.15) is 90.3 Å². The minimum Gasteiger partial charge on any atom is -0.443 e. The summed E-state index contributed by atoms with van der Waals surface area (Å²) in [5.41, 5.74) is -2.58. The molecule has 178 valence electrons. The topological polar surface area (TPSA) is 96.7 Å². The first-order chi connectivity index (χ1) is 15.2. The molecule has 1 aromatic carbocycles. The van der Waals surface area contributed by atoms with E-state index in [1.54, 1.807) is 41.5 Å². The van der Waals surface area contributed by atoms with Crippen LogP contribution in [0.5, 0.6) is 0 Å². The lowest BCUT2D eigenvalue weighted by atomic mass is 9.68. The number of hydrogen-bond acceptors (Lipinski definition) is 6. The average Bonchev–Trinajstić information content (AvgIpc) is 3.01. The van der Waals surface area contributed by atoms with Crippen LogP contribution in [-0.2, 0) is 26.1 Å². The van der Waals surface area contributed by atoms with Crippen molar-refractivity contribution in [3.63, 3.8) is 0 Å². The number of ketones is 1. The first-order valence-corrected chi connectivity index (χ1v) is 11.3. The van der Waals surface area contributed by atoms with Crippen LogP contribution >= 0.6 is 0 Å². The third kappa shape index (κ3) is 4.73. The van der Waals surface area contributed by atoms with E-state index in [9.17, 15) is 19.6 Å². The molecule has 7 nitrogen and oxygen atoms in total. The molecule has 3 rings (SSSR count). The summed E-state index contributed by atoms with van der Waals surface area (Å²) < 4.78 is 26.2. The van der Waals surface area contributed by atoms with Gasteiger partial charge in [-0.1, -0.05) is 6.42 Å². The molecule has 2 amide bonds. The number of anilines is 1. The molecule has 2 aliphatic carbocycles. The van der Waals surface area contributed by atoms with Crippen LogP contribution in [0, 0.1) is 17.1 Å². The van der Waals surface area contributed by atoms with Crippen LogP contribution in [0.25, 0.3) is 0 Å². The smallest absolute Gasteiger partial charge is 0.424 e. The highest BCUT2D eigenvalue weighted by Crippen LogP contribution is 2.50. The minimum atomic E-state index is -1.16. The summed E-state index contributed by atoms with van der Waals surface area (Å²) in [6.07, 6.45) is 1.14. The van der Waals surface area contributed by atoms with Gasteiger partial charge in [-0.2, -0.15) is 10.2 Å². The molecule has 0 bridgehead atoms. The number of carbonyl (C=O) groups excluding carboxylic acids is 3. The lowest BCUT2D eigenvalue weighted by Gasteiger charge is -2.35. The maximum atomic E-state index is 15.5. The molecule has 1 saturated carbocycles. The number of ether oxygens (including phenoxy) is 2. The molecular formula is C25H31FN2O5. The van der Waals surface area contributed by atoms with E-state index in [1.165, 1.54) is 6.07 Å². The Bertz CT molecular complexity index is 1020. The number of benzene rings is 1. The Morgan fingerprint density at radius 3 is 2.09 bits per heavy atom. The molecule has 0 saturated heterocycles. The van der Waals surface area contributed by atoms with Gasteiger partial charge in [0.15, 0.2) is 0 Å². The van der Waals surface area contributed by atoms with E-state index in [0.717, 1.165) is 12.8 Å². The normalized spacial score (nSPS) is 20.2. The molecule has 1 atom stereocenters. The van der Waals surface area contributed by atoms with Gasteiger partial charge in [0.1, 0.15) is 34.6 Å². The van der Waals surface area contributed by atoms with E-state index in [0.29, 0.717) is 41.7 Å². The van der Waals surface area contributed by atoms with Gasteiger partial charge in [0.2, 0.25) is 0 Å². The number of hydrogen-bond donors (Lipinski definition) is 0. The predicted octanol–water partition coefficient (Wildman–Crippen LogP) is 5.70. The zero-order chi connectivity index (χ0) is 24.8. The summed E-state index contributed by atoms with van der Waals surface area (Å²) in [5.74, 6) is -0.898. The van der Waals surface area contributed by atoms with Crippen molar-refractivity contribution in [1.29, 1.82) is 5.26 Å². The van der Waals surface area contributed by atoms with Gasteiger partial charge in [-0.25, -0.2) is 14.0 Å². The SMILES string of the molecule is CC(C)(C)OC(=O)N(C(=O)OC(C)(C)C)c1c(F)cc2c(c1C#N)C1(CCCCC1=O)CC2. The van der Waals surface area contributed by atoms with Gasteiger partial charge in [-0.15, -0.1) is 0 Å². The summed E-state index contributed by atoms with van der Waals surface area (Å²) in [6, 6.07) is 3.22. The van der Waals surface area contributed by atoms with Crippen LogP contribution < -0.4 is 4.90 Å². The highest BCUT2D eigenvalue weighted by Gasteiger charge is 2.49. The highest BCUT2D eigenvalue weighted by atomic mass is 19.1. The number of rotatable bonds is 1. The first kappa shape index (κ1) is 24.7. The molecule has 1 unspecified atom stereocenters. The fraction of sp³-hybridized carbons (Fsp3) is 0.600. The van der Waals surface area contributed by atoms with Gasteiger partial charge in [0, 0.05) is 6.42 Å². The van der Waals surface area contributed by atoms with E-state index in [1.807, 2.05) is 6.07 Å². The Morgan fingerprint density at radius 1 is 1.03 bits per heavy atom. The lowest BCUT2D eigenvalue weighted by molar-refractivity contribution is -0.126. The highest BCUT2D eigenvalue weighted by molar-refractivity contribution is 6.11. The quantitative estimate of drug-likeness (QED) is 0.535. The monoisotopic (exact) mass is 458 g/mol. The van der Waals surface area contributed by atoms with Gasteiger partial charge >= 0.3 is 12.2 Å². The third-order valence-electron chi connectivity index (χ3n) is 5.91. The largest absolute Gasteiger partial charge is 0.443 e. The number of Topliss-reactive ketones (excluding diaryl/α,β-unsaturated/α-hetero) is 1. The molecule has 0 radical (unpaired) electrons. The Labute approximate surface area is 193 Å². The van der Waals surface area contributed by atoms with Crippen LogP contribution in [-0.4, -0.2) is 29.2 Å². The van der Waals surface area contributed by atoms with Crippen molar-refractivity contribution in [2.75, 3.05) is 4.90 Å². The number of aryl methyl sites for hydroxylation is 1. The summed E-state index contributed by atoms with van der Waals surface area (Å²) in [5, 5.41) is 10.1. The third-order valence-corrected chi connectivity index (χ3v) is 5.91. The van der Waals surface area contributed by atoms with E-state index < -0.39 is 40.3 Å². The van der Waals surface area contributed by atoms with Gasteiger partial charge in [0.05, 0.1) is 11.0 Å². The van der Waals surface area contributed by atoms with Crippen LogP contribution in [0.15, 0.2) is 6.07 Å². The zero-order valence-electron chi connectivity index (χ0n) is 20.1. The second-order valence-electron chi connectivity index (χ2n) is 10.7. The molecule has 0 N–H and O–H groups in total. The molecule has 0 aromatic heterocycles. The minimum absolute atomic E-state index is 0.0163. The number of nitrogens with zero attached hydrogens (tertiary/aromatic N) is 2. The summed E-state index contributed by atoms with van der Waals surface area (Å²) in [4.78, 5) is 39.7. The number of halogens is 1. The standard InChI is InChI=1S/C25H31FN2O5/c1-23(2,3)32-21(30)28(22(31)33-24(4,5)6)20-16(14-27)19-15(13-17(20)26)10-12-25(19)11-8-7-9-18(25)29/h13H,7-12H2,1-6H3. The fourth-order valence-electron chi connectivity index (χ4n) is 4.73. The van der Waals surface area contributed by atoms with E-state index in [4.69, 9.17) is 9.47 Å². The zero-order valence-corrected chi connectivity index (χ0v) is 20.1. The van der Waals surface area contributed by atoms with Crippen LogP contribution in [0.2, 0.25) is 0 Å². The first-order valence-electron chi connectivity index (χ1n) is 11.3. The lowest BCUT2D eigenvalue weighted by Crippen LogP contribution is -2.45. The number of carbonyl (C=O) groups is 3. The summed E-state index contributed by atoms with van der Waals surface area (Å²) in [7, 11) is 0. The van der Waals surface area contributed by atoms with Gasteiger partial charge in [0.25, 0.3) is 0 Å². The molecule has 0 aliphatic heterocycles. The summed E-state index contributed by atoms with van der Waals surface area (Å²) in [6.45, 7) is 9.66. The van der Waals surface area contributed by atoms with Gasteiger partial charge in [-0.3, -0.25) is 4.79 Å². The number of fused-ring (bicyclic) bond motifs is 2. The van der Waals surface area contributed by atoms with Crippen LogP contribution in [0.3, 0.4) is 0 Å². The fourth-order valence-corrected chi connectivity index (χ4v) is 4.73. The van der Waals surface area contributed by atoms with Crippen molar-refractivity contribution in [2.45, 2.75) is 96.7 Å². The summed E-state index contributed by atoms with van der Waals surface area (Å²) >= 11 is 0. The van der Waals surface area contributed by atoms with Crippen molar-refractivity contribution >= 4 is 23.7 Å². The van der Waals surface area contributed by atoms with Crippen molar-refractivity contribution in [3.8, 4) is 6.07 Å². The Hall–Kier alpha value is -2.95. The Kier molecular flexibility index (Phi) is 6.31. The van der Waals surface area contributed by atoms with Crippen molar-refractivity contribution < 1.29 is 28.2 Å². The second kappa shape index (κ2) is 8.44. The molecule has 1 aromatic rings. The molecule has 1 fully saturated rings. The van der Waals surface area contributed by atoms with Crippen molar-refractivity contribution in [3.05, 3.63) is 28.6 Å². The van der Waals surface area contributed by atoms with Gasteiger partial charge < -0.3 is 9.47 Å². The van der Waals surface area contributed by atoms with E-state index in [2.05, 4.69) is 0 Å². The van der Waals surface area contributed by atoms with E-state index in [-0.39, 0.29) is 11.3 Å².